The van der Waals surface area contributed by atoms with Crippen molar-refractivity contribution in [2.45, 2.75) is 71.6 Å². The third kappa shape index (κ3) is 3.50. The highest BCUT2D eigenvalue weighted by atomic mass is 16.5. The summed E-state index contributed by atoms with van der Waals surface area (Å²) in [5.74, 6) is 0. The number of piperazine rings is 1. The average Bonchev–Trinajstić information content (AvgIpc) is 2.83. The molecule has 2 saturated heterocycles. The van der Waals surface area contributed by atoms with Crippen molar-refractivity contribution in [3.8, 4) is 0 Å². The number of ether oxygens (including phenoxy) is 1. The van der Waals surface area contributed by atoms with Crippen LogP contribution in [0.4, 0.5) is 0 Å². The minimum atomic E-state index is 0.285. The molecule has 2 fully saturated rings. The van der Waals surface area contributed by atoms with E-state index in [0.29, 0.717) is 17.6 Å². The van der Waals surface area contributed by atoms with Gasteiger partial charge in [0.1, 0.15) is 0 Å². The maximum absolute atomic E-state index is 5.85. The summed E-state index contributed by atoms with van der Waals surface area (Å²) >= 11 is 0. The van der Waals surface area contributed by atoms with Crippen molar-refractivity contribution in [1.29, 1.82) is 0 Å². The van der Waals surface area contributed by atoms with E-state index in [1.54, 1.807) is 0 Å². The minimum absolute atomic E-state index is 0.285. The molecule has 0 aromatic rings. The van der Waals surface area contributed by atoms with Crippen LogP contribution in [0.1, 0.15) is 53.9 Å². The average molecular weight is 268 g/mol. The summed E-state index contributed by atoms with van der Waals surface area (Å²) in [6.07, 6.45) is 4.14. The van der Waals surface area contributed by atoms with Crippen molar-refractivity contribution in [3.05, 3.63) is 0 Å². The molecule has 0 amide bonds. The highest BCUT2D eigenvalue weighted by Gasteiger charge is 2.41. The number of hydrogen-bond acceptors (Lipinski definition) is 3. The first-order valence-corrected chi connectivity index (χ1v) is 7.95. The summed E-state index contributed by atoms with van der Waals surface area (Å²) in [5, 5.41) is 3.77. The lowest BCUT2D eigenvalue weighted by Crippen LogP contribution is -2.66. The van der Waals surface area contributed by atoms with Crippen LogP contribution in [0.25, 0.3) is 0 Å². The Labute approximate surface area is 119 Å². The Balaban J connectivity index is 2.04. The fourth-order valence-electron chi connectivity index (χ4n) is 3.22. The normalized spacial score (nSPS) is 37.7. The fourth-order valence-corrected chi connectivity index (χ4v) is 3.22. The van der Waals surface area contributed by atoms with Crippen molar-refractivity contribution < 1.29 is 4.74 Å². The van der Waals surface area contributed by atoms with Crippen molar-refractivity contribution in [2.75, 3.05) is 26.2 Å². The molecule has 3 nitrogen and oxygen atoms in total. The van der Waals surface area contributed by atoms with Gasteiger partial charge in [0.15, 0.2) is 0 Å². The van der Waals surface area contributed by atoms with E-state index in [2.05, 4.69) is 44.8 Å². The molecule has 3 atom stereocenters. The second kappa shape index (κ2) is 5.71. The van der Waals surface area contributed by atoms with E-state index in [1.807, 2.05) is 0 Å². The van der Waals surface area contributed by atoms with Crippen LogP contribution in [0, 0.1) is 5.41 Å². The molecule has 1 N–H and O–H groups in total. The van der Waals surface area contributed by atoms with Crippen LogP contribution in [-0.4, -0.2) is 48.8 Å². The molecule has 2 heterocycles. The third-order valence-corrected chi connectivity index (χ3v) is 5.15. The lowest BCUT2D eigenvalue weighted by Gasteiger charge is -2.51. The van der Waals surface area contributed by atoms with Gasteiger partial charge in [0, 0.05) is 37.8 Å². The van der Waals surface area contributed by atoms with Crippen LogP contribution in [0.5, 0.6) is 0 Å². The number of rotatable bonds is 3. The van der Waals surface area contributed by atoms with Gasteiger partial charge >= 0.3 is 0 Å². The van der Waals surface area contributed by atoms with E-state index in [4.69, 9.17) is 4.74 Å². The molecular weight excluding hydrogens is 236 g/mol. The Morgan fingerprint density at radius 1 is 1.37 bits per heavy atom. The van der Waals surface area contributed by atoms with Crippen LogP contribution in [0.15, 0.2) is 0 Å². The zero-order valence-corrected chi connectivity index (χ0v) is 13.5. The van der Waals surface area contributed by atoms with Gasteiger partial charge in [-0.05, 0) is 31.6 Å². The molecular formula is C16H32N2O. The summed E-state index contributed by atoms with van der Waals surface area (Å²) in [6, 6.07) is 0.577. The molecule has 0 radical (unpaired) electrons. The Bertz CT molecular complexity index is 294. The SMILES string of the molecule is CCC1(C)CNC(C(C)(C)C)CN1CC1CCCO1. The van der Waals surface area contributed by atoms with Gasteiger partial charge < -0.3 is 10.1 Å². The lowest BCUT2D eigenvalue weighted by atomic mass is 9.81. The maximum Gasteiger partial charge on any atom is 0.0703 e. The Morgan fingerprint density at radius 3 is 2.63 bits per heavy atom. The fraction of sp³-hybridized carbons (Fsp3) is 1.00. The monoisotopic (exact) mass is 268 g/mol. The summed E-state index contributed by atoms with van der Waals surface area (Å²) in [7, 11) is 0. The van der Waals surface area contributed by atoms with Crippen molar-refractivity contribution >= 4 is 0 Å². The molecule has 3 unspecified atom stereocenters. The van der Waals surface area contributed by atoms with Gasteiger partial charge in [-0.2, -0.15) is 0 Å². The maximum atomic E-state index is 5.85. The standard InChI is InChI=1S/C16H32N2O/c1-6-16(5)12-17-14(15(2,3)4)11-18(16)10-13-8-7-9-19-13/h13-14,17H,6-12H2,1-5H3. The molecule has 2 rings (SSSR count). The van der Waals surface area contributed by atoms with E-state index in [-0.39, 0.29) is 5.54 Å². The predicted molar refractivity (Wildman–Crippen MR) is 80.5 cm³/mol. The molecule has 2 aliphatic rings. The third-order valence-electron chi connectivity index (χ3n) is 5.15. The summed E-state index contributed by atoms with van der Waals surface area (Å²) < 4.78 is 5.85. The largest absolute Gasteiger partial charge is 0.377 e. The van der Waals surface area contributed by atoms with Crippen LogP contribution in [-0.2, 0) is 4.74 Å². The summed E-state index contributed by atoms with van der Waals surface area (Å²) in [6.45, 7) is 16.0. The molecule has 0 bridgehead atoms. The van der Waals surface area contributed by atoms with Gasteiger partial charge in [0.05, 0.1) is 6.10 Å². The second-order valence-electron chi connectivity index (χ2n) is 7.69. The smallest absolute Gasteiger partial charge is 0.0703 e. The summed E-state index contributed by atoms with van der Waals surface area (Å²) in [5.41, 5.74) is 0.609. The van der Waals surface area contributed by atoms with E-state index < -0.39 is 0 Å². The van der Waals surface area contributed by atoms with Crippen molar-refractivity contribution in [2.24, 2.45) is 5.41 Å². The van der Waals surface area contributed by atoms with E-state index in [0.717, 1.165) is 26.2 Å². The molecule has 0 aromatic carbocycles. The Hall–Kier alpha value is -0.120. The molecule has 3 heteroatoms. The van der Waals surface area contributed by atoms with E-state index in [9.17, 15) is 0 Å². The topological polar surface area (TPSA) is 24.5 Å². The molecule has 0 saturated carbocycles. The molecule has 2 aliphatic heterocycles. The van der Waals surface area contributed by atoms with Crippen LogP contribution in [0.2, 0.25) is 0 Å². The first-order chi connectivity index (χ1) is 8.85. The zero-order valence-electron chi connectivity index (χ0n) is 13.5. The lowest BCUT2D eigenvalue weighted by molar-refractivity contribution is -0.0168. The van der Waals surface area contributed by atoms with E-state index >= 15 is 0 Å². The number of hydrogen-bond donors (Lipinski definition) is 1. The van der Waals surface area contributed by atoms with Crippen molar-refractivity contribution in [1.82, 2.24) is 10.2 Å². The highest BCUT2D eigenvalue weighted by Crippen LogP contribution is 2.30. The van der Waals surface area contributed by atoms with Gasteiger partial charge in [-0.3, -0.25) is 4.90 Å². The second-order valence-corrected chi connectivity index (χ2v) is 7.69. The number of nitrogens with one attached hydrogen (secondary N) is 1. The van der Waals surface area contributed by atoms with Gasteiger partial charge in [-0.25, -0.2) is 0 Å². The zero-order chi connectivity index (χ0) is 14.1. The quantitative estimate of drug-likeness (QED) is 0.851. The molecule has 0 aliphatic carbocycles. The van der Waals surface area contributed by atoms with E-state index in [1.165, 1.54) is 19.3 Å². The number of nitrogens with zero attached hydrogens (tertiary/aromatic N) is 1. The Kier molecular flexibility index (Phi) is 4.59. The minimum Gasteiger partial charge on any atom is -0.377 e. The van der Waals surface area contributed by atoms with Gasteiger partial charge in [-0.1, -0.05) is 27.7 Å². The molecule has 19 heavy (non-hydrogen) atoms. The molecule has 0 spiro atoms. The highest BCUT2D eigenvalue weighted by molar-refractivity contribution is 4.99. The molecule has 112 valence electrons. The van der Waals surface area contributed by atoms with Crippen LogP contribution >= 0.6 is 0 Å². The summed E-state index contributed by atoms with van der Waals surface area (Å²) in [4.78, 5) is 2.69. The van der Waals surface area contributed by atoms with Gasteiger partial charge in [0.25, 0.3) is 0 Å². The first-order valence-electron chi connectivity index (χ1n) is 7.95. The van der Waals surface area contributed by atoms with Gasteiger partial charge in [-0.15, -0.1) is 0 Å². The van der Waals surface area contributed by atoms with Gasteiger partial charge in [0.2, 0.25) is 0 Å². The van der Waals surface area contributed by atoms with Crippen LogP contribution < -0.4 is 5.32 Å². The first kappa shape index (κ1) is 15.3. The Morgan fingerprint density at radius 2 is 2.11 bits per heavy atom. The van der Waals surface area contributed by atoms with Crippen molar-refractivity contribution in [3.63, 3.8) is 0 Å². The van der Waals surface area contributed by atoms with Crippen LogP contribution in [0.3, 0.4) is 0 Å². The molecule has 0 aromatic heterocycles. The predicted octanol–water partition coefficient (Wildman–Crippen LogP) is 2.65.